The largest absolute Gasteiger partial charge is 0.388 e. The van der Waals surface area contributed by atoms with Gasteiger partial charge in [0.25, 0.3) is 0 Å². The number of hydrogen-bond acceptors (Lipinski definition) is 7. The van der Waals surface area contributed by atoms with Crippen molar-refractivity contribution in [2.75, 3.05) is 19.7 Å². The van der Waals surface area contributed by atoms with E-state index < -0.39 is 30.7 Å². The number of unbranched alkanes of at least 4 members (excludes halogenated alkanes) is 2. The Balaban J connectivity index is 1.99. The Morgan fingerprint density at radius 3 is 2.29 bits per heavy atom. The van der Waals surface area contributed by atoms with Gasteiger partial charge in [-0.3, -0.25) is 9.59 Å². The van der Waals surface area contributed by atoms with E-state index in [9.17, 15) is 24.9 Å². The zero-order valence-electron chi connectivity index (χ0n) is 18.5. The number of aliphatic hydroxyl groups excluding tert-OH is 3. The van der Waals surface area contributed by atoms with Crippen LogP contribution in [0.5, 0.6) is 0 Å². The highest BCUT2D eigenvalue weighted by Gasteiger charge is 2.42. The molecule has 178 valence electrons. The highest BCUT2D eigenvalue weighted by Crippen LogP contribution is 2.21. The molecule has 1 fully saturated rings. The molecular formula is C22H38N2O7. The number of hydrogen-bond donors (Lipinski definition) is 5. The summed E-state index contributed by atoms with van der Waals surface area (Å²) in [4.78, 5) is 23.5. The van der Waals surface area contributed by atoms with Gasteiger partial charge in [0.1, 0.15) is 18.3 Å². The maximum atomic E-state index is 11.8. The molecule has 0 radical (unpaired) electrons. The maximum absolute atomic E-state index is 11.8. The van der Waals surface area contributed by atoms with E-state index in [4.69, 9.17) is 9.47 Å². The third-order valence-electron chi connectivity index (χ3n) is 4.89. The van der Waals surface area contributed by atoms with E-state index in [2.05, 4.69) is 10.6 Å². The van der Waals surface area contributed by atoms with Crippen molar-refractivity contribution in [1.82, 2.24) is 10.6 Å². The normalized spacial score (nSPS) is 26.4. The third kappa shape index (κ3) is 11.4. The van der Waals surface area contributed by atoms with Crippen LogP contribution >= 0.6 is 0 Å². The van der Waals surface area contributed by atoms with Gasteiger partial charge in [-0.25, -0.2) is 0 Å². The molecule has 1 heterocycles. The zero-order chi connectivity index (χ0) is 23.1. The van der Waals surface area contributed by atoms with E-state index in [1.54, 1.807) is 6.92 Å². The molecule has 5 atom stereocenters. The van der Waals surface area contributed by atoms with Crippen molar-refractivity contribution in [3.05, 3.63) is 24.3 Å². The maximum Gasteiger partial charge on any atom is 0.220 e. The SMILES string of the molecule is C/C=C/C=C/CCC(=O)NCCNC(=O)CCCCCO[C@@H]1OC(C)[C@H](O)[C@H](O)C1O. The Labute approximate surface area is 184 Å². The quantitative estimate of drug-likeness (QED) is 0.195. The van der Waals surface area contributed by atoms with Gasteiger partial charge in [0.05, 0.1) is 6.10 Å². The molecule has 2 amide bonds. The fourth-order valence-electron chi connectivity index (χ4n) is 3.00. The molecule has 0 aromatic carbocycles. The van der Waals surface area contributed by atoms with Crippen molar-refractivity contribution in [2.24, 2.45) is 0 Å². The molecule has 0 aromatic rings. The number of ether oxygens (including phenoxy) is 2. The average molecular weight is 443 g/mol. The van der Waals surface area contributed by atoms with Crippen LogP contribution in [0.4, 0.5) is 0 Å². The predicted molar refractivity (Wildman–Crippen MR) is 116 cm³/mol. The van der Waals surface area contributed by atoms with Crippen molar-refractivity contribution < 1.29 is 34.4 Å². The van der Waals surface area contributed by atoms with Gasteiger partial charge in [0.15, 0.2) is 6.29 Å². The first-order chi connectivity index (χ1) is 14.9. The van der Waals surface area contributed by atoms with Crippen molar-refractivity contribution in [3.63, 3.8) is 0 Å². The van der Waals surface area contributed by atoms with Crippen LogP contribution < -0.4 is 10.6 Å². The zero-order valence-corrected chi connectivity index (χ0v) is 18.5. The molecule has 1 saturated heterocycles. The minimum Gasteiger partial charge on any atom is -0.388 e. The Morgan fingerprint density at radius 2 is 1.61 bits per heavy atom. The molecule has 31 heavy (non-hydrogen) atoms. The number of carbonyl (C=O) groups excluding carboxylic acids is 2. The minimum atomic E-state index is -1.30. The summed E-state index contributed by atoms with van der Waals surface area (Å²) in [5, 5.41) is 34.8. The van der Waals surface area contributed by atoms with Gasteiger partial charge in [0, 0.05) is 32.5 Å². The van der Waals surface area contributed by atoms with Gasteiger partial charge >= 0.3 is 0 Å². The second-order valence-electron chi connectivity index (χ2n) is 7.56. The van der Waals surface area contributed by atoms with Gasteiger partial charge < -0.3 is 35.4 Å². The Kier molecular flexibility index (Phi) is 14.0. The number of rotatable bonds is 14. The van der Waals surface area contributed by atoms with E-state index in [0.29, 0.717) is 51.8 Å². The number of aliphatic hydroxyl groups is 3. The van der Waals surface area contributed by atoms with Gasteiger partial charge in [-0.05, 0) is 33.1 Å². The second-order valence-corrected chi connectivity index (χ2v) is 7.56. The molecule has 0 bridgehead atoms. The molecule has 5 N–H and O–H groups in total. The summed E-state index contributed by atoms with van der Waals surface area (Å²) in [6.07, 6.45) is 5.92. The van der Waals surface area contributed by atoms with Crippen molar-refractivity contribution >= 4 is 11.8 Å². The lowest BCUT2D eigenvalue weighted by molar-refractivity contribution is -0.293. The average Bonchev–Trinajstić information content (AvgIpc) is 2.75. The number of carbonyl (C=O) groups is 2. The molecule has 2 unspecified atom stereocenters. The number of nitrogens with one attached hydrogen (secondary N) is 2. The van der Waals surface area contributed by atoms with Gasteiger partial charge in [-0.1, -0.05) is 30.7 Å². The van der Waals surface area contributed by atoms with Crippen LogP contribution in [0.2, 0.25) is 0 Å². The summed E-state index contributed by atoms with van der Waals surface area (Å²) in [6.45, 7) is 4.64. The van der Waals surface area contributed by atoms with Crippen molar-refractivity contribution in [3.8, 4) is 0 Å². The highest BCUT2D eigenvalue weighted by molar-refractivity contribution is 5.77. The standard InChI is InChI=1S/C22H38N2O7/c1-3-4-5-6-8-11-17(25)23-13-14-24-18(26)12-9-7-10-15-30-22-21(29)20(28)19(27)16(2)31-22/h3-6,16,19-22,27-29H,7-15H2,1-2H3,(H,23,25)(H,24,26)/b4-3+,6-5+/t16?,19-,20-,21?,22+/m0/s1. The Bertz CT molecular complexity index is 582. The van der Waals surface area contributed by atoms with E-state index >= 15 is 0 Å². The summed E-state index contributed by atoms with van der Waals surface area (Å²) >= 11 is 0. The summed E-state index contributed by atoms with van der Waals surface area (Å²) in [6, 6.07) is 0. The molecule has 9 heteroatoms. The minimum absolute atomic E-state index is 0.0390. The van der Waals surface area contributed by atoms with Crippen molar-refractivity contribution in [1.29, 1.82) is 0 Å². The van der Waals surface area contributed by atoms with Gasteiger partial charge in [0.2, 0.25) is 11.8 Å². The first-order valence-corrected chi connectivity index (χ1v) is 11.0. The summed E-state index contributed by atoms with van der Waals surface area (Å²) in [5.41, 5.74) is 0. The lowest BCUT2D eigenvalue weighted by Gasteiger charge is -2.38. The van der Waals surface area contributed by atoms with Crippen LogP contribution in [0.25, 0.3) is 0 Å². The van der Waals surface area contributed by atoms with E-state index in [1.807, 2.05) is 31.2 Å². The van der Waals surface area contributed by atoms with E-state index in [1.165, 1.54) is 0 Å². The summed E-state index contributed by atoms with van der Waals surface area (Å²) in [5.74, 6) is -0.107. The first kappa shape index (κ1) is 27.3. The van der Waals surface area contributed by atoms with Gasteiger partial charge in [-0.2, -0.15) is 0 Å². The van der Waals surface area contributed by atoms with Crippen LogP contribution in [0, 0.1) is 0 Å². The fraction of sp³-hybridized carbons (Fsp3) is 0.727. The van der Waals surface area contributed by atoms with E-state index in [0.717, 1.165) is 6.42 Å². The van der Waals surface area contributed by atoms with Crippen LogP contribution in [0.1, 0.15) is 52.4 Å². The molecule has 0 aliphatic carbocycles. The number of amides is 2. The fourth-order valence-corrected chi connectivity index (χ4v) is 3.00. The van der Waals surface area contributed by atoms with Crippen LogP contribution in [-0.4, -0.2) is 77.5 Å². The molecule has 0 saturated carbocycles. The highest BCUT2D eigenvalue weighted by atomic mass is 16.7. The second kappa shape index (κ2) is 15.9. The number of allylic oxidation sites excluding steroid dienone is 4. The molecule has 1 aliphatic heterocycles. The van der Waals surface area contributed by atoms with Crippen LogP contribution in [0.3, 0.4) is 0 Å². The smallest absolute Gasteiger partial charge is 0.220 e. The molecule has 1 rings (SSSR count). The van der Waals surface area contributed by atoms with E-state index in [-0.39, 0.29) is 11.8 Å². The molecule has 9 nitrogen and oxygen atoms in total. The monoisotopic (exact) mass is 442 g/mol. The first-order valence-electron chi connectivity index (χ1n) is 11.0. The van der Waals surface area contributed by atoms with Crippen LogP contribution in [-0.2, 0) is 19.1 Å². The predicted octanol–water partition coefficient (Wildman–Crippen LogP) is 0.536. The Hall–Kier alpha value is -1.78. The molecule has 0 aromatic heterocycles. The van der Waals surface area contributed by atoms with Crippen molar-refractivity contribution in [2.45, 2.75) is 83.1 Å². The molecule has 0 spiro atoms. The topological polar surface area (TPSA) is 137 Å². The molecular weight excluding hydrogens is 404 g/mol. The lowest BCUT2D eigenvalue weighted by atomic mass is 10.0. The third-order valence-corrected chi connectivity index (χ3v) is 4.89. The lowest BCUT2D eigenvalue weighted by Crippen LogP contribution is -2.57. The summed E-state index contributed by atoms with van der Waals surface area (Å²) in [7, 11) is 0. The van der Waals surface area contributed by atoms with Gasteiger partial charge in [-0.15, -0.1) is 0 Å². The summed E-state index contributed by atoms with van der Waals surface area (Å²) < 4.78 is 10.8. The molecule has 1 aliphatic rings. The van der Waals surface area contributed by atoms with Crippen LogP contribution in [0.15, 0.2) is 24.3 Å². The Morgan fingerprint density at radius 1 is 0.935 bits per heavy atom.